The van der Waals surface area contributed by atoms with Gasteiger partial charge in [-0.3, -0.25) is 0 Å². The van der Waals surface area contributed by atoms with E-state index in [9.17, 15) is 5.26 Å². The second-order valence-electron chi connectivity index (χ2n) is 7.66. The van der Waals surface area contributed by atoms with Gasteiger partial charge < -0.3 is 0 Å². The molecule has 32 heavy (non-hydrogen) atoms. The Bertz CT molecular complexity index is 1880. The van der Waals surface area contributed by atoms with Crippen LogP contribution in [0.4, 0.5) is 0 Å². The van der Waals surface area contributed by atoms with Crippen LogP contribution < -0.4 is 10.7 Å². The third kappa shape index (κ3) is 2.35. The number of fused-ring (bicyclic) bond motifs is 6. The van der Waals surface area contributed by atoms with Gasteiger partial charge in [0.15, 0.2) is 5.36 Å². The topological polar surface area (TPSA) is 52.9 Å². The number of hydrogen-bond acceptors (Lipinski definition) is 3. The first-order valence-electron chi connectivity index (χ1n) is 10.2. The Morgan fingerprint density at radius 2 is 1.28 bits per heavy atom. The van der Waals surface area contributed by atoms with Gasteiger partial charge in [-0.05, 0) is 27.8 Å². The predicted molar refractivity (Wildman–Crippen MR) is 128 cm³/mol. The lowest BCUT2D eigenvalue weighted by molar-refractivity contribution is 1.37. The van der Waals surface area contributed by atoms with Gasteiger partial charge in [-0.25, -0.2) is 0 Å². The molecule has 0 amide bonds. The molecular weight excluding hydrogens is 392 g/mol. The van der Waals surface area contributed by atoms with Gasteiger partial charge in [0, 0.05) is 32.5 Å². The van der Waals surface area contributed by atoms with Gasteiger partial charge in [-0.15, -0.1) is 4.95 Å². The van der Waals surface area contributed by atoms with Crippen molar-refractivity contribution in [3.05, 3.63) is 107 Å². The van der Waals surface area contributed by atoms with Gasteiger partial charge in [0.1, 0.15) is 0 Å². The standard InChI is InChI=1S/C28H14N4/c1-30-32-27-21-14-8-6-12-19(21)25-23(27)15-22-18-11-5-7-13-20(18)28(31-16-29)26(22)24(25)17-9-3-2-4-10-17/h2-15H/b31-28+,32-27+. The fourth-order valence-corrected chi connectivity index (χ4v) is 4.94. The van der Waals surface area contributed by atoms with E-state index in [0.717, 1.165) is 54.2 Å². The molecule has 0 atom stereocenters. The van der Waals surface area contributed by atoms with Gasteiger partial charge in [0.25, 0.3) is 0 Å². The normalized spacial score (nSPS) is 12.7. The van der Waals surface area contributed by atoms with Gasteiger partial charge in [-0.2, -0.15) is 16.8 Å². The van der Waals surface area contributed by atoms with Crippen molar-refractivity contribution in [3.8, 4) is 17.3 Å². The molecule has 4 nitrogen and oxygen atoms in total. The van der Waals surface area contributed by atoms with Gasteiger partial charge in [-0.1, -0.05) is 78.9 Å². The van der Waals surface area contributed by atoms with Crippen LogP contribution in [-0.4, -0.2) is 0 Å². The summed E-state index contributed by atoms with van der Waals surface area (Å²) in [7, 11) is 0. The first-order valence-corrected chi connectivity index (χ1v) is 10.2. The largest absolute Gasteiger partial charge is 0.206 e. The van der Waals surface area contributed by atoms with E-state index in [1.807, 2.05) is 60.8 Å². The molecule has 0 fully saturated rings. The van der Waals surface area contributed by atoms with E-state index in [4.69, 9.17) is 6.57 Å². The van der Waals surface area contributed by atoms with E-state index >= 15 is 0 Å². The maximum Gasteiger partial charge on any atom is 0.206 e. The van der Waals surface area contributed by atoms with Crippen LogP contribution in [0.2, 0.25) is 0 Å². The van der Waals surface area contributed by atoms with Crippen LogP contribution >= 0.6 is 0 Å². The molecule has 4 heteroatoms. The zero-order valence-corrected chi connectivity index (χ0v) is 16.9. The highest BCUT2D eigenvalue weighted by Gasteiger charge is 2.21. The molecule has 0 N–H and O–H groups in total. The van der Waals surface area contributed by atoms with Crippen LogP contribution in [0.25, 0.3) is 59.2 Å². The first-order chi connectivity index (χ1) is 15.8. The molecular formula is C28H14N4. The fraction of sp³-hybridized carbons (Fsp3) is 0. The lowest BCUT2D eigenvalue weighted by Gasteiger charge is -2.08. The predicted octanol–water partition coefficient (Wildman–Crippen LogP) is 5.96. The second-order valence-corrected chi connectivity index (χ2v) is 7.66. The lowest BCUT2D eigenvalue weighted by atomic mass is 9.94. The van der Waals surface area contributed by atoms with Crippen LogP contribution in [0.5, 0.6) is 0 Å². The maximum atomic E-state index is 9.51. The molecule has 0 saturated heterocycles. The Balaban J connectivity index is 2.06. The van der Waals surface area contributed by atoms with Crippen molar-refractivity contribution < 1.29 is 0 Å². The minimum atomic E-state index is 0.688. The minimum Gasteiger partial charge on any atom is -0.181 e. The molecule has 0 saturated carbocycles. The van der Waals surface area contributed by atoms with Crippen LogP contribution in [-0.2, 0) is 0 Å². The molecule has 0 spiro atoms. The summed E-state index contributed by atoms with van der Waals surface area (Å²) in [4.78, 5) is 7.64. The van der Waals surface area contributed by atoms with Gasteiger partial charge in [0.2, 0.25) is 6.19 Å². The molecule has 6 aromatic rings. The molecule has 0 bridgehead atoms. The molecule has 0 unspecified atom stereocenters. The highest BCUT2D eigenvalue weighted by Crippen LogP contribution is 2.41. The lowest BCUT2D eigenvalue weighted by Crippen LogP contribution is -2.01. The quantitative estimate of drug-likeness (QED) is 0.189. The first kappa shape index (κ1) is 18.0. The highest BCUT2D eigenvalue weighted by atomic mass is 15.2. The maximum absolute atomic E-state index is 9.51. The van der Waals surface area contributed by atoms with Crippen LogP contribution in [0, 0.1) is 18.0 Å². The summed E-state index contributed by atoms with van der Waals surface area (Å²) in [6, 6.07) is 28.4. The molecule has 0 aliphatic heterocycles. The van der Waals surface area contributed by atoms with Crippen molar-refractivity contribution >= 4 is 43.1 Å². The number of nitrogens with zero attached hydrogens (tertiary/aromatic N) is 4. The van der Waals surface area contributed by atoms with Crippen molar-refractivity contribution in [3.63, 3.8) is 0 Å². The molecule has 0 heterocycles. The zero-order valence-electron chi connectivity index (χ0n) is 16.9. The third-order valence-corrected chi connectivity index (χ3v) is 6.12. The van der Waals surface area contributed by atoms with E-state index in [2.05, 4.69) is 45.4 Å². The van der Waals surface area contributed by atoms with E-state index in [0.29, 0.717) is 10.7 Å². The number of nitriles is 1. The Morgan fingerprint density at radius 1 is 0.656 bits per heavy atom. The molecule has 146 valence electrons. The average Bonchev–Trinajstić information content (AvgIpc) is 3.32. The summed E-state index contributed by atoms with van der Waals surface area (Å²) in [5.41, 5.74) is 2.06. The smallest absolute Gasteiger partial charge is 0.181 e. The van der Waals surface area contributed by atoms with Crippen LogP contribution in [0.15, 0.2) is 95.0 Å². The zero-order chi connectivity index (χ0) is 21.7. The van der Waals surface area contributed by atoms with Crippen LogP contribution in [0.1, 0.15) is 0 Å². The molecule has 0 aromatic heterocycles. The van der Waals surface area contributed by atoms with Gasteiger partial charge >= 0.3 is 0 Å². The Kier molecular flexibility index (Phi) is 3.87. The van der Waals surface area contributed by atoms with Crippen LogP contribution in [0.3, 0.4) is 0 Å². The molecule has 6 rings (SSSR count). The summed E-state index contributed by atoms with van der Waals surface area (Å²) < 4.78 is 0. The van der Waals surface area contributed by atoms with E-state index in [1.165, 1.54) is 0 Å². The summed E-state index contributed by atoms with van der Waals surface area (Å²) >= 11 is 0. The van der Waals surface area contributed by atoms with E-state index < -0.39 is 0 Å². The summed E-state index contributed by atoms with van der Waals surface area (Å²) in [6.45, 7) is 7.41. The molecule has 0 aliphatic rings. The number of rotatable bonds is 1. The van der Waals surface area contributed by atoms with Crippen molar-refractivity contribution in [1.82, 2.24) is 0 Å². The molecule has 6 aromatic carbocycles. The summed E-state index contributed by atoms with van der Waals surface area (Å²) in [5.74, 6) is 0. The van der Waals surface area contributed by atoms with E-state index in [-0.39, 0.29) is 0 Å². The monoisotopic (exact) mass is 406 g/mol. The summed E-state index contributed by atoms with van der Waals surface area (Å²) in [5, 5.41) is 23.0. The SMILES string of the molecule is [C-]#[N+]/N=c1\c2ccccc2c2c(-c3ccccc3)c3/c(=N/C#N)c4ccccc4c3cc12. The molecule has 0 radical (unpaired) electrons. The Morgan fingerprint density at radius 3 is 1.97 bits per heavy atom. The Hall–Kier alpha value is -4.80. The van der Waals surface area contributed by atoms with Crippen molar-refractivity contribution in [1.29, 1.82) is 5.26 Å². The highest BCUT2D eigenvalue weighted by molar-refractivity contribution is 6.28. The number of hydrogen-bond donors (Lipinski definition) is 0. The number of benzene rings is 4. The average molecular weight is 406 g/mol. The van der Waals surface area contributed by atoms with Crippen molar-refractivity contribution in [2.75, 3.05) is 0 Å². The second kappa shape index (κ2) is 6.87. The fourth-order valence-electron chi connectivity index (χ4n) is 4.94. The van der Waals surface area contributed by atoms with E-state index in [1.54, 1.807) is 0 Å². The van der Waals surface area contributed by atoms with Gasteiger partial charge in [0.05, 0.1) is 10.5 Å². The van der Waals surface area contributed by atoms with Crippen molar-refractivity contribution in [2.45, 2.75) is 0 Å². The van der Waals surface area contributed by atoms with Crippen molar-refractivity contribution in [2.24, 2.45) is 10.1 Å². The Labute approximate surface area is 183 Å². The summed E-state index contributed by atoms with van der Waals surface area (Å²) in [6.07, 6.45) is 2.01. The minimum absolute atomic E-state index is 0.688. The molecule has 0 aliphatic carbocycles. The third-order valence-electron chi connectivity index (χ3n) is 6.12.